The molecule has 1 unspecified atom stereocenters. The highest BCUT2D eigenvalue weighted by molar-refractivity contribution is 6.80. The molecule has 3 rings (SSSR count). The molecule has 3 N–H and O–H groups in total. The van der Waals surface area contributed by atoms with Crippen LogP contribution in [0.3, 0.4) is 0 Å². The van der Waals surface area contributed by atoms with E-state index in [1.165, 1.54) is 0 Å². The van der Waals surface area contributed by atoms with Gasteiger partial charge in [-0.05, 0) is 22.1 Å². The lowest BCUT2D eigenvalue weighted by atomic mass is 9.55. The molecular formula is C21H22BNO2. The molecule has 126 valence electrons. The fourth-order valence-electron chi connectivity index (χ4n) is 2.88. The van der Waals surface area contributed by atoms with Crippen LogP contribution in [-0.2, 0) is 11.3 Å². The van der Waals surface area contributed by atoms with Crippen LogP contribution in [-0.4, -0.2) is 18.6 Å². The molecular weight excluding hydrogens is 309 g/mol. The van der Waals surface area contributed by atoms with Crippen LogP contribution in [0.2, 0.25) is 0 Å². The lowest BCUT2D eigenvalue weighted by Crippen LogP contribution is -2.46. The first-order valence-corrected chi connectivity index (χ1v) is 8.47. The maximum absolute atomic E-state index is 9.27. The summed E-state index contributed by atoms with van der Waals surface area (Å²) in [6, 6.07) is 28.0. The third-order valence-electron chi connectivity index (χ3n) is 4.25. The van der Waals surface area contributed by atoms with Gasteiger partial charge < -0.3 is 15.5 Å². The van der Waals surface area contributed by atoms with Crippen LogP contribution in [0, 0.1) is 0 Å². The first-order chi connectivity index (χ1) is 12.3. The van der Waals surface area contributed by atoms with Gasteiger partial charge in [0, 0.05) is 6.54 Å². The largest absolute Gasteiger partial charge is 0.419 e. The Balaban J connectivity index is 1.93. The lowest BCUT2D eigenvalue weighted by molar-refractivity contribution is 0.223. The van der Waals surface area contributed by atoms with E-state index in [0.717, 1.165) is 22.1 Å². The van der Waals surface area contributed by atoms with Gasteiger partial charge in [0.25, 0.3) is 0 Å². The summed E-state index contributed by atoms with van der Waals surface area (Å²) < 4.78 is 6.44. The number of rotatable bonds is 7. The molecule has 0 amide bonds. The van der Waals surface area contributed by atoms with Gasteiger partial charge in [0.05, 0.1) is 12.7 Å². The third kappa shape index (κ3) is 4.37. The van der Waals surface area contributed by atoms with Gasteiger partial charge in [-0.15, -0.1) is 0 Å². The summed E-state index contributed by atoms with van der Waals surface area (Å²) in [6.45, 7) is 0.219. The fourth-order valence-corrected chi connectivity index (χ4v) is 2.88. The van der Waals surface area contributed by atoms with E-state index < -0.39 is 0 Å². The second-order valence-electron chi connectivity index (χ2n) is 5.96. The topological polar surface area (TPSA) is 55.5 Å². The van der Waals surface area contributed by atoms with Crippen LogP contribution in [0.5, 0.6) is 0 Å². The van der Waals surface area contributed by atoms with Gasteiger partial charge >= 0.3 is 6.92 Å². The average Bonchev–Trinajstić information content (AvgIpc) is 2.70. The number of nitrogens with two attached hydrogens (primary N) is 1. The molecule has 0 heterocycles. The molecule has 4 heteroatoms. The Morgan fingerprint density at radius 3 is 1.92 bits per heavy atom. The Bertz CT molecular complexity index is 763. The second kappa shape index (κ2) is 8.63. The maximum Gasteiger partial charge on any atom is 0.362 e. The molecule has 0 aliphatic carbocycles. The zero-order valence-corrected chi connectivity index (χ0v) is 14.1. The Kier molecular flexibility index (Phi) is 6.02. The summed E-state index contributed by atoms with van der Waals surface area (Å²) in [5.41, 5.74) is 10.1. The van der Waals surface area contributed by atoms with Crippen LogP contribution in [0.25, 0.3) is 0 Å². The van der Waals surface area contributed by atoms with Crippen molar-refractivity contribution in [2.75, 3.05) is 6.54 Å². The van der Waals surface area contributed by atoms with Crippen molar-refractivity contribution in [1.29, 1.82) is 0 Å². The lowest BCUT2D eigenvalue weighted by Gasteiger charge is -2.23. The van der Waals surface area contributed by atoms with E-state index in [1.807, 2.05) is 72.8 Å². The van der Waals surface area contributed by atoms with Crippen LogP contribution in [0.4, 0.5) is 0 Å². The van der Waals surface area contributed by atoms with Gasteiger partial charge in [-0.2, -0.15) is 0 Å². The molecule has 0 fully saturated rings. The summed E-state index contributed by atoms with van der Waals surface area (Å²) in [6.07, 6.45) is -0.191. The van der Waals surface area contributed by atoms with Crippen molar-refractivity contribution in [3.05, 3.63) is 96.1 Å². The van der Waals surface area contributed by atoms with Gasteiger partial charge in [0.2, 0.25) is 0 Å². The molecule has 0 spiro atoms. The highest BCUT2D eigenvalue weighted by atomic mass is 16.4. The van der Waals surface area contributed by atoms with Gasteiger partial charge in [-0.25, -0.2) is 0 Å². The summed E-state index contributed by atoms with van der Waals surface area (Å²) in [5.74, 6) is 0. The van der Waals surface area contributed by atoms with E-state index in [0.29, 0.717) is 6.54 Å². The van der Waals surface area contributed by atoms with Gasteiger partial charge in [-0.3, -0.25) is 0 Å². The Labute approximate surface area is 149 Å². The molecule has 0 saturated heterocycles. The normalized spacial score (nSPS) is 11.9. The van der Waals surface area contributed by atoms with Gasteiger partial charge in [-0.1, -0.05) is 84.9 Å². The molecule has 1 atom stereocenters. The number of hydrogen-bond donors (Lipinski definition) is 2. The molecule has 0 aromatic heterocycles. The summed E-state index contributed by atoms with van der Waals surface area (Å²) in [5, 5.41) is 9.27. The predicted octanol–water partition coefficient (Wildman–Crippen LogP) is 2.00. The quantitative estimate of drug-likeness (QED) is 0.651. The van der Waals surface area contributed by atoms with E-state index >= 15 is 0 Å². The number of benzene rings is 3. The number of aliphatic hydroxyl groups is 1. The van der Waals surface area contributed by atoms with Crippen molar-refractivity contribution < 1.29 is 9.76 Å². The SMILES string of the molecule is NCC(OB(c1ccccc1)c1ccc(CO)cc1)c1ccccc1. The zero-order chi connectivity index (χ0) is 17.5. The molecule has 25 heavy (non-hydrogen) atoms. The van der Waals surface area contributed by atoms with Crippen LogP contribution in [0.15, 0.2) is 84.9 Å². The average molecular weight is 331 g/mol. The Morgan fingerprint density at radius 1 is 0.800 bits per heavy atom. The minimum absolute atomic E-state index is 0.0343. The standard InChI is InChI=1S/C21H22BNO2/c23-15-21(18-7-3-1-4-8-18)25-22(19-9-5-2-6-10-19)20-13-11-17(16-24)12-14-20/h1-14,21,24H,15-16,23H2. The van der Waals surface area contributed by atoms with Crippen molar-refractivity contribution in [2.24, 2.45) is 5.73 Å². The highest BCUT2D eigenvalue weighted by Gasteiger charge is 2.25. The van der Waals surface area contributed by atoms with Crippen molar-refractivity contribution >= 4 is 17.8 Å². The highest BCUT2D eigenvalue weighted by Crippen LogP contribution is 2.17. The van der Waals surface area contributed by atoms with Gasteiger partial charge in [0.1, 0.15) is 0 Å². The number of hydrogen-bond acceptors (Lipinski definition) is 3. The van der Waals surface area contributed by atoms with Crippen LogP contribution < -0.4 is 16.7 Å². The number of aliphatic hydroxyl groups excluding tert-OH is 1. The van der Waals surface area contributed by atoms with Gasteiger partial charge in [0.15, 0.2) is 0 Å². The van der Waals surface area contributed by atoms with E-state index in [4.69, 9.17) is 10.4 Å². The predicted molar refractivity (Wildman–Crippen MR) is 103 cm³/mol. The summed E-state index contributed by atoms with van der Waals surface area (Å²) in [7, 11) is 0. The van der Waals surface area contributed by atoms with Crippen molar-refractivity contribution in [3.63, 3.8) is 0 Å². The third-order valence-corrected chi connectivity index (χ3v) is 4.25. The van der Waals surface area contributed by atoms with Crippen molar-refractivity contribution in [1.82, 2.24) is 0 Å². The molecule has 3 aromatic rings. The minimum atomic E-state index is -0.220. The zero-order valence-electron chi connectivity index (χ0n) is 14.1. The van der Waals surface area contributed by atoms with Crippen molar-refractivity contribution in [3.8, 4) is 0 Å². The molecule has 0 bridgehead atoms. The first-order valence-electron chi connectivity index (χ1n) is 8.47. The molecule has 0 aliphatic rings. The van der Waals surface area contributed by atoms with E-state index in [-0.39, 0.29) is 19.6 Å². The molecule has 0 aliphatic heterocycles. The Hall–Kier alpha value is -2.40. The summed E-state index contributed by atoms with van der Waals surface area (Å²) in [4.78, 5) is 0. The fraction of sp³-hybridized carbons (Fsp3) is 0.143. The Morgan fingerprint density at radius 2 is 1.36 bits per heavy atom. The maximum atomic E-state index is 9.27. The first kappa shape index (κ1) is 17.4. The monoisotopic (exact) mass is 331 g/mol. The summed E-state index contributed by atoms with van der Waals surface area (Å²) >= 11 is 0. The van der Waals surface area contributed by atoms with Crippen LogP contribution in [0.1, 0.15) is 17.2 Å². The van der Waals surface area contributed by atoms with E-state index in [1.54, 1.807) is 0 Å². The molecule has 3 aromatic carbocycles. The van der Waals surface area contributed by atoms with E-state index in [9.17, 15) is 5.11 Å². The second-order valence-corrected chi connectivity index (χ2v) is 5.96. The molecule has 0 saturated carbocycles. The van der Waals surface area contributed by atoms with Crippen molar-refractivity contribution in [2.45, 2.75) is 12.7 Å². The minimum Gasteiger partial charge on any atom is -0.419 e. The molecule has 0 radical (unpaired) electrons. The smallest absolute Gasteiger partial charge is 0.362 e. The van der Waals surface area contributed by atoms with Crippen LogP contribution >= 0.6 is 0 Å². The molecule has 3 nitrogen and oxygen atoms in total. The van der Waals surface area contributed by atoms with E-state index in [2.05, 4.69) is 12.1 Å².